The van der Waals surface area contributed by atoms with Crippen LogP contribution in [0.1, 0.15) is 0 Å². The molecule has 0 atom stereocenters. The minimum absolute atomic E-state index is 0.932. The summed E-state index contributed by atoms with van der Waals surface area (Å²) in [5, 5.41) is 4.87. The first kappa shape index (κ1) is 27.0. The van der Waals surface area contributed by atoms with Gasteiger partial charge in [0.05, 0.1) is 22.4 Å². The van der Waals surface area contributed by atoms with Crippen LogP contribution in [0, 0.1) is 0 Å². The number of para-hydroxylation sites is 1. The van der Waals surface area contributed by atoms with Crippen LogP contribution in [0.3, 0.4) is 0 Å². The van der Waals surface area contributed by atoms with Crippen molar-refractivity contribution >= 4 is 32.6 Å². The van der Waals surface area contributed by atoms with E-state index in [0.717, 1.165) is 39.3 Å². The van der Waals surface area contributed by atoms with E-state index in [1.807, 2.05) is 30.6 Å². The highest BCUT2D eigenvalue weighted by Gasteiger charge is 2.17. The molecule has 0 spiro atoms. The first-order valence-corrected chi connectivity index (χ1v) is 15.8. The molecule has 0 aliphatic carbocycles. The second kappa shape index (κ2) is 11.2. The molecule has 4 heteroatoms. The highest BCUT2D eigenvalue weighted by molar-refractivity contribution is 6.19. The van der Waals surface area contributed by atoms with Gasteiger partial charge >= 0.3 is 0 Å². The monoisotopic (exact) mass is 600 g/mol. The van der Waals surface area contributed by atoms with E-state index in [4.69, 9.17) is 4.98 Å². The molecule has 47 heavy (non-hydrogen) atoms. The van der Waals surface area contributed by atoms with Crippen molar-refractivity contribution in [3.63, 3.8) is 0 Å². The molecule has 0 saturated heterocycles. The van der Waals surface area contributed by atoms with Crippen molar-refractivity contribution < 1.29 is 0 Å². The molecule has 0 aliphatic heterocycles. The average molecular weight is 601 g/mol. The zero-order chi connectivity index (χ0) is 31.2. The summed E-state index contributed by atoms with van der Waals surface area (Å²) in [6.07, 6.45) is 7.30. The van der Waals surface area contributed by atoms with Gasteiger partial charge < -0.3 is 4.57 Å². The molecule has 0 bridgehead atoms. The fourth-order valence-corrected chi connectivity index (χ4v) is 6.72. The van der Waals surface area contributed by atoms with E-state index in [9.17, 15) is 0 Å². The van der Waals surface area contributed by atoms with Crippen molar-refractivity contribution in [2.75, 3.05) is 0 Å². The fraction of sp³-hybridized carbons (Fsp3) is 0. The van der Waals surface area contributed by atoms with Gasteiger partial charge in [-0.3, -0.25) is 9.97 Å². The van der Waals surface area contributed by atoms with Crippen LogP contribution >= 0.6 is 0 Å². The van der Waals surface area contributed by atoms with E-state index in [1.54, 1.807) is 12.4 Å². The Morgan fingerprint density at radius 2 is 1.00 bits per heavy atom. The number of aromatic nitrogens is 4. The molecule has 0 N–H and O–H groups in total. The summed E-state index contributed by atoms with van der Waals surface area (Å²) < 4.78 is 2.41. The number of pyridine rings is 3. The Morgan fingerprint density at radius 3 is 1.79 bits per heavy atom. The zero-order valence-electron chi connectivity index (χ0n) is 25.5. The normalized spacial score (nSPS) is 11.4. The Hall–Kier alpha value is -6.39. The summed E-state index contributed by atoms with van der Waals surface area (Å²) in [7, 11) is 0. The molecule has 220 valence electrons. The molecule has 0 aliphatic rings. The minimum atomic E-state index is 0.932. The molecule has 0 amide bonds. The molecule has 5 aromatic carbocycles. The lowest BCUT2D eigenvalue weighted by molar-refractivity contribution is 1.19. The topological polar surface area (TPSA) is 43.6 Å². The number of rotatable bonds is 5. The lowest BCUT2D eigenvalue weighted by atomic mass is 9.97. The molecule has 0 saturated carbocycles. The van der Waals surface area contributed by atoms with Gasteiger partial charge in [0.1, 0.15) is 0 Å². The zero-order valence-corrected chi connectivity index (χ0v) is 25.5. The van der Waals surface area contributed by atoms with Crippen molar-refractivity contribution in [3.05, 3.63) is 170 Å². The van der Waals surface area contributed by atoms with Crippen LogP contribution in [0.4, 0.5) is 0 Å². The second-order valence-electron chi connectivity index (χ2n) is 11.8. The molecule has 4 heterocycles. The summed E-state index contributed by atoms with van der Waals surface area (Å²) in [5.41, 5.74) is 12.2. The number of hydrogen-bond acceptors (Lipinski definition) is 3. The second-order valence-corrected chi connectivity index (χ2v) is 11.8. The third kappa shape index (κ3) is 4.75. The highest BCUT2D eigenvalue weighted by Crippen LogP contribution is 2.39. The van der Waals surface area contributed by atoms with Crippen LogP contribution in [-0.2, 0) is 0 Å². The summed E-state index contributed by atoms with van der Waals surface area (Å²) in [6, 6.07) is 51.8. The van der Waals surface area contributed by atoms with Crippen LogP contribution in [0.5, 0.6) is 0 Å². The van der Waals surface area contributed by atoms with E-state index in [-0.39, 0.29) is 0 Å². The standard InChI is InChI=1S/C43H28N4/c1-2-8-36(9-3-1)47-42-28-35(41-11-5-10-40(46-41)30-20-24-45-25-21-30)14-16-38(42)39-17-13-34-27-33(12-15-37(34)43(39)47)32-7-4-6-31(26-32)29-18-22-44-23-19-29/h1-28H. The number of benzene rings is 5. The van der Waals surface area contributed by atoms with Crippen LogP contribution < -0.4 is 0 Å². The largest absolute Gasteiger partial charge is 0.309 e. The molecule has 4 nitrogen and oxygen atoms in total. The fourth-order valence-electron chi connectivity index (χ4n) is 6.72. The predicted octanol–water partition coefficient (Wildman–Crippen LogP) is 10.8. The van der Waals surface area contributed by atoms with Gasteiger partial charge in [-0.15, -0.1) is 0 Å². The molecule has 0 unspecified atom stereocenters. The van der Waals surface area contributed by atoms with Gasteiger partial charge in [0.15, 0.2) is 0 Å². The maximum atomic E-state index is 5.05. The molecular formula is C43H28N4. The van der Waals surface area contributed by atoms with Gasteiger partial charge in [-0.25, -0.2) is 4.98 Å². The summed E-state index contributed by atoms with van der Waals surface area (Å²) in [6.45, 7) is 0. The maximum absolute atomic E-state index is 5.05. The Bertz CT molecular complexity index is 2550. The third-order valence-electron chi connectivity index (χ3n) is 8.99. The van der Waals surface area contributed by atoms with Gasteiger partial charge in [0.2, 0.25) is 0 Å². The number of fused-ring (bicyclic) bond motifs is 5. The summed E-state index contributed by atoms with van der Waals surface area (Å²) in [4.78, 5) is 13.4. The summed E-state index contributed by atoms with van der Waals surface area (Å²) >= 11 is 0. The average Bonchev–Trinajstić information content (AvgIpc) is 3.50. The van der Waals surface area contributed by atoms with Gasteiger partial charge in [-0.2, -0.15) is 0 Å². The van der Waals surface area contributed by atoms with Gasteiger partial charge in [-0.05, 0) is 94.4 Å². The van der Waals surface area contributed by atoms with Crippen molar-refractivity contribution in [1.82, 2.24) is 19.5 Å². The third-order valence-corrected chi connectivity index (χ3v) is 8.99. The Kier molecular flexibility index (Phi) is 6.43. The first-order valence-electron chi connectivity index (χ1n) is 15.8. The smallest absolute Gasteiger partial charge is 0.0710 e. The van der Waals surface area contributed by atoms with Gasteiger partial charge in [-0.1, -0.05) is 78.9 Å². The Morgan fingerprint density at radius 1 is 0.383 bits per heavy atom. The van der Waals surface area contributed by atoms with Crippen LogP contribution in [0.25, 0.3) is 83.0 Å². The van der Waals surface area contributed by atoms with Gasteiger partial charge in [0, 0.05) is 57.8 Å². The van der Waals surface area contributed by atoms with E-state index in [1.165, 1.54) is 43.8 Å². The van der Waals surface area contributed by atoms with E-state index >= 15 is 0 Å². The van der Waals surface area contributed by atoms with Crippen LogP contribution in [0.15, 0.2) is 170 Å². The lowest BCUT2D eigenvalue weighted by Crippen LogP contribution is -1.95. The van der Waals surface area contributed by atoms with Gasteiger partial charge in [0.25, 0.3) is 0 Å². The van der Waals surface area contributed by atoms with E-state index in [2.05, 4.69) is 142 Å². The molecular weight excluding hydrogens is 573 g/mol. The van der Waals surface area contributed by atoms with Crippen molar-refractivity contribution in [1.29, 1.82) is 0 Å². The molecule has 4 aromatic heterocycles. The SMILES string of the molecule is c1ccc(-n2c3cc(-c4cccc(-c5ccncc5)n4)ccc3c3ccc4cc(-c5cccc(-c6ccncc6)c5)ccc4c32)cc1. The van der Waals surface area contributed by atoms with Crippen molar-refractivity contribution in [3.8, 4) is 50.5 Å². The number of hydrogen-bond donors (Lipinski definition) is 0. The van der Waals surface area contributed by atoms with E-state index in [0.29, 0.717) is 0 Å². The van der Waals surface area contributed by atoms with E-state index < -0.39 is 0 Å². The molecule has 0 radical (unpaired) electrons. The minimum Gasteiger partial charge on any atom is -0.309 e. The molecule has 9 aromatic rings. The highest BCUT2D eigenvalue weighted by atomic mass is 15.0. The first-order chi connectivity index (χ1) is 23.3. The van der Waals surface area contributed by atoms with Crippen LogP contribution in [0.2, 0.25) is 0 Å². The lowest BCUT2D eigenvalue weighted by Gasteiger charge is -2.12. The Labute approximate surface area is 272 Å². The van der Waals surface area contributed by atoms with Crippen molar-refractivity contribution in [2.24, 2.45) is 0 Å². The predicted molar refractivity (Wildman–Crippen MR) is 193 cm³/mol. The molecule has 0 fully saturated rings. The molecule has 9 rings (SSSR count). The number of nitrogens with zero attached hydrogens (tertiary/aromatic N) is 4. The maximum Gasteiger partial charge on any atom is 0.0710 e. The van der Waals surface area contributed by atoms with Crippen LogP contribution in [-0.4, -0.2) is 19.5 Å². The summed E-state index contributed by atoms with van der Waals surface area (Å²) in [5.74, 6) is 0. The Balaban J connectivity index is 1.23. The van der Waals surface area contributed by atoms with Crippen molar-refractivity contribution in [2.45, 2.75) is 0 Å². The quantitative estimate of drug-likeness (QED) is 0.197.